The first-order valence-electron chi connectivity index (χ1n) is 8.53. The molecule has 23 heavy (non-hydrogen) atoms. The van der Waals surface area contributed by atoms with Gasteiger partial charge < -0.3 is 9.80 Å². The standard InChI is InChI=1S/C18H25N3OS/c1-4-20(5-2)17(22)14-8-10-21(11-9-14)18-19-15-7-6-13(3)12-16(15)23-18/h6-7,12,14H,4-5,8-11H2,1-3H3. The Kier molecular flexibility index (Phi) is 4.85. The van der Waals surface area contributed by atoms with Gasteiger partial charge in [-0.2, -0.15) is 0 Å². The van der Waals surface area contributed by atoms with Gasteiger partial charge in [0.1, 0.15) is 0 Å². The Hall–Kier alpha value is -1.62. The zero-order valence-electron chi connectivity index (χ0n) is 14.2. The average Bonchev–Trinajstić information content (AvgIpc) is 2.99. The van der Waals surface area contributed by atoms with Crippen LogP contribution in [0.4, 0.5) is 5.13 Å². The number of piperidine rings is 1. The maximum absolute atomic E-state index is 12.5. The minimum Gasteiger partial charge on any atom is -0.348 e. The summed E-state index contributed by atoms with van der Waals surface area (Å²) in [6.45, 7) is 9.70. The molecule has 0 spiro atoms. The second-order valence-electron chi connectivity index (χ2n) is 6.24. The number of aromatic nitrogens is 1. The van der Waals surface area contributed by atoms with Crippen LogP contribution in [-0.4, -0.2) is 42.0 Å². The van der Waals surface area contributed by atoms with Crippen molar-refractivity contribution in [2.45, 2.75) is 33.6 Å². The Bertz CT molecular complexity index is 685. The van der Waals surface area contributed by atoms with Gasteiger partial charge in [-0.25, -0.2) is 4.98 Å². The molecule has 1 saturated heterocycles. The molecule has 5 heteroatoms. The van der Waals surface area contributed by atoms with Crippen LogP contribution in [0.1, 0.15) is 32.3 Å². The number of thiazole rings is 1. The van der Waals surface area contributed by atoms with Crippen molar-refractivity contribution >= 4 is 32.6 Å². The van der Waals surface area contributed by atoms with E-state index in [1.807, 2.05) is 4.90 Å². The maximum atomic E-state index is 12.5. The van der Waals surface area contributed by atoms with Crippen LogP contribution in [0.5, 0.6) is 0 Å². The SMILES string of the molecule is CCN(CC)C(=O)C1CCN(c2nc3ccc(C)cc3s2)CC1. The summed E-state index contributed by atoms with van der Waals surface area (Å²) in [4.78, 5) is 21.5. The normalized spacial score (nSPS) is 16.0. The van der Waals surface area contributed by atoms with Crippen LogP contribution in [-0.2, 0) is 4.79 Å². The Morgan fingerprint density at radius 1 is 1.30 bits per heavy atom. The average molecular weight is 331 g/mol. The number of carbonyl (C=O) groups excluding carboxylic acids is 1. The summed E-state index contributed by atoms with van der Waals surface area (Å²) < 4.78 is 1.25. The number of aryl methyl sites for hydroxylation is 1. The van der Waals surface area contributed by atoms with Crippen LogP contribution in [0.25, 0.3) is 10.2 Å². The summed E-state index contributed by atoms with van der Waals surface area (Å²) in [6, 6.07) is 6.41. The summed E-state index contributed by atoms with van der Waals surface area (Å²) in [6.07, 6.45) is 1.87. The van der Waals surface area contributed by atoms with Crippen molar-refractivity contribution in [2.24, 2.45) is 5.92 Å². The van der Waals surface area contributed by atoms with E-state index in [1.54, 1.807) is 11.3 Å². The Morgan fingerprint density at radius 3 is 2.65 bits per heavy atom. The predicted molar refractivity (Wildman–Crippen MR) is 97.2 cm³/mol. The molecular weight excluding hydrogens is 306 g/mol. The molecule has 2 heterocycles. The number of benzene rings is 1. The van der Waals surface area contributed by atoms with E-state index in [9.17, 15) is 4.79 Å². The van der Waals surface area contributed by atoms with Crippen LogP contribution < -0.4 is 4.90 Å². The van der Waals surface area contributed by atoms with Gasteiger partial charge in [0.15, 0.2) is 5.13 Å². The number of hydrogen-bond donors (Lipinski definition) is 0. The minimum absolute atomic E-state index is 0.183. The number of fused-ring (bicyclic) bond motifs is 1. The summed E-state index contributed by atoms with van der Waals surface area (Å²) in [7, 11) is 0. The van der Waals surface area contributed by atoms with E-state index in [-0.39, 0.29) is 5.92 Å². The molecule has 0 atom stereocenters. The number of carbonyl (C=O) groups is 1. The van der Waals surface area contributed by atoms with Crippen molar-refractivity contribution < 1.29 is 4.79 Å². The smallest absolute Gasteiger partial charge is 0.225 e. The zero-order valence-corrected chi connectivity index (χ0v) is 15.0. The lowest BCUT2D eigenvalue weighted by Gasteiger charge is -2.33. The summed E-state index contributed by atoms with van der Waals surface area (Å²) in [5.74, 6) is 0.511. The van der Waals surface area contributed by atoms with Gasteiger partial charge in [-0.1, -0.05) is 17.4 Å². The minimum atomic E-state index is 0.183. The number of amides is 1. The van der Waals surface area contributed by atoms with E-state index in [1.165, 1.54) is 10.3 Å². The molecule has 1 aromatic heterocycles. The van der Waals surface area contributed by atoms with Crippen molar-refractivity contribution in [3.8, 4) is 0 Å². The topological polar surface area (TPSA) is 36.4 Å². The van der Waals surface area contributed by atoms with Crippen LogP contribution in [0.15, 0.2) is 18.2 Å². The van der Waals surface area contributed by atoms with E-state index in [2.05, 4.69) is 43.9 Å². The van der Waals surface area contributed by atoms with Gasteiger partial charge in [-0.15, -0.1) is 0 Å². The Morgan fingerprint density at radius 2 is 2.00 bits per heavy atom. The highest BCUT2D eigenvalue weighted by Crippen LogP contribution is 2.32. The molecular formula is C18H25N3OS. The first-order chi connectivity index (χ1) is 11.1. The van der Waals surface area contributed by atoms with E-state index in [0.29, 0.717) is 5.91 Å². The lowest BCUT2D eigenvalue weighted by molar-refractivity contribution is -0.135. The second kappa shape index (κ2) is 6.87. The maximum Gasteiger partial charge on any atom is 0.225 e. The first-order valence-corrected chi connectivity index (χ1v) is 9.35. The van der Waals surface area contributed by atoms with Gasteiger partial charge >= 0.3 is 0 Å². The zero-order chi connectivity index (χ0) is 16.4. The summed E-state index contributed by atoms with van der Waals surface area (Å²) >= 11 is 1.76. The highest BCUT2D eigenvalue weighted by Gasteiger charge is 2.28. The molecule has 1 amide bonds. The van der Waals surface area contributed by atoms with Gasteiger partial charge in [0.25, 0.3) is 0 Å². The van der Waals surface area contributed by atoms with Gasteiger partial charge in [-0.05, 0) is 51.3 Å². The number of hydrogen-bond acceptors (Lipinski definition) is 4. The van der Waals surface area contributed by atoms with E-state index >= 15 is 0 Å². The van der Waals surface area contributed by atoms with E-state index < -0.39 is 0 Å². The van der Waals surface area contributed by atoms with Crippen LogP contribution in [0, 0.1) is 12.8 Å². The van der Waals surface area contributed by atoms with Crippen molar-refractivity contribution in [3.63, 3.8) is 0 Å². The molecule has 1 aliphatic heterocycles. The number of anilines is 1. The fourth-order valence-corrected chi connectivity index (χ4v) is 4.38. The molecule has 0 bridgehead atoms. The lowest BCUT2D eigenvalue weighted by atomic mass is 9.95. The molecule has 3 rings (SSSR count). The highest BCUT2D eigenvalue weighted by molar-refractivity contribution is 7.22. The fraction of sp³-hybridized carbons (Fsp3) is 0.556. The monoisotopic (exact) mass is 331 g/mol. The Balaban J connectivity index is 1.67. The van der Waals surface area contributed by atoms with Crippen LogP contribution in [0.2, 0.25) is 0 Å². The molecule has 0 radical (unpaired) electrons. The molecule has 124 valence electrons. The largest absolute Gasteiger partial charge is 0.348 e. The van der Waals surface area contributed by atoms with E-state index in [4.69, 9.17) is 4.98 Å². The molecule has 0 saturated carbocycles. The van der Waals surface area contributed by atoms with Crippen LogP contribution in [0.3, 0.4) is 0 Å². The summed E-state index contributed by atoms with van der Waals surface area (Å²) in [5.41, 5.74) is 2.35. The van der Waals surface area contributed by atoms with Crippen molar-refractivity contribution in [1.82, 2.24) is 9.88 Å². The molecule has 1 aromatic carbocycles. The predicted octanol–water partition coefficient (Wildman–Crippen LogP) is 3.69. The molecule has 0 aliphatic carbocycles. The third kappa shape index (κ3) is 3.34. The quantitative estimate of drug-likeness (QED) is 0.857. The van der Waals surface area contributed by atoms with Crippen molar-refractivity contribution in [1.29, 1.82) is 0 Å². The summed E-state index contributed by atoms with van der Waals surface area (Å²) in [5, 5.41) is 1.10. The lowest BCUT2D eigenvalue weighted by Crippen LogP contribution is -2.42. The molecule has 0 unspecified atom stereocenters. The number of rotatable bonds is 4. The van der Waals surface area contributed by atoms with E-state index in [0.717, 1.165) is 49.7 Å². The second-order valence-corrected chi connectivity index (χ2v) is 7.25. The van der Waals surface area contributed by atoms with Gasteiger partial charge in [0, 0.05) is 32.1 Å². The van der Waals surface area contributed by atoms with Gasteiger partial charge in [0.05, 0.1) is 10.2 Å². The molecule has 1 aliphatic rings. The number of nitrogens with zero attached hydrogens (tertiary/aromatic N) is 3. The van der Waals surface area contributed by atoms with Crippen molar-refractivity contribution in [2.75, 3.05) is 31.1 Å². The Labute approximate surface area is 142 Å². The molecule has 1 fully saturated rings. The highest BCUT2D eigenvalue weighted by atomic mass is 32.1. The first kappa shape index (κ1) is 16.2. The molecule has 2 aromatic rings. The fourth-order valence-electron chi connectivity index (χ4n) is 3.27. The van der Waals surface area contributed by atoms with Crippen molar-refractivity contribution in [3.05, 3.63) is 23.8 Å². The third-order valence-corrected chi connectivity index (χ3v) is 5.80. The van der Waals surface area contributed by atoms with Gasteiger partial charge in [-0.3, -0.25) is 4.79 Å². The molecule has 4 nitrogen and oxygen atoms in total. The van der Waals surface area contributed by atoms with Gasteiger partial charge in [0.2, 0.25) is 5.91 Å². The van der Waals surface area contributed by atoms with Crippen LogP contribution >= 0.6 is 11.3 Å². The third-order valence-electron chi connectivity index (χ3n) is 4.72. The molecule has 0 N–H and O–H groups in total.